The predicted octanol–water partition coefficient (Wildman–Crippen LogP) is 4.92. The van der Waals surface area contributed by atoms with E-state index in [0.29, 0.717) is 24.0 Å². The molecule has 1 aliphatic heterocycles. The molecular weight excluding hydrogens is 453 g/mol. The molecule has 1 aliphatic rings. The molecule has 168 valence electrons. The van der Waals surface area contributed by atoms with Crippen LogP contribution in [0.15, 0.2) is 66.7 Å². The highest BCUT2D eigenvalue weighted by Gasteiger charge is 2.27. The van der Waals surface area contributed by atoms with Crippen LogP contribution in [0.2, 0.25) is 5.02 Å². The number of ether oxygens (including phenoxy) is 2. The van der Waals surface area contributed by atoms with Gasteiger partial charge < -0.3 is 9.47 Å². The number of rotatable bonds is 7. The molecule has 0 N–H and O–H groups in total. The van der Waals surface area contributed by atoms with Crippen molar-refractivity contribution in [1.29, 1.82) is 0 Å². The van der Waals surface area contributed by atoms with Crippen LogP contribution in [0.3, 0.4) is 0 Å². The van der Waals surface area contributed by atoms with Gasteiger partial charge in [-0.1, -0.05) is 54.1 Å². The molecule has 0 atom stereocenters. The Labute approximate surface area is 192 Å². The summed E-state index contributed by atoms with van der Waals surface area (Å²) in [4.78, 5) is 0. The minimum atomic E-state index is -3.73. The molecule has 0 spiro atoms. The van der Waals surface area contributed by atoms with Gasteiger partial charge in [0.2, 0.25) is 10.0 Å². The molecule has 8 heteroatoms. The van der Waals surface area contributed by atoms with E-state index in [2.05, 4.69) is 0 Å². The van der Waals surface area contributed by atoms with Gasteiger partial charge in [-0.3, -0.25) is 0 Å². The van der Waals surface area contributed by atoms with Crippen molar-refractivity contribution in [3.8, 4) is 5.75 Å². The van der Waals surface area contributed by atoms with Crippen molar-refractivity contribution in [2.75, 3.05) is 13.2 Å². The zero-order valence-corrected chi connectivity index (χ0v) is 18.9. The van der Waals surface area contributed by atoms with Crippen LogP contribution in [0.4, 0.5) is 4.39 Å². The fourth-order valence-electron chi connectivity index (χ4n) is 3.55. The Bertz CT molecular complexity index is 1200. The fourth-order valence-corrected chi connectivity index (χ4v) is 5.24. The van der Waals surface area contributed by atoms with Gasteiger partial charge in [-0.15, -0.1) is 0 Å². The van der Waals surface area contributed by atoms with Crippen LogP contribution in [-0.4, -0.2) is 25.9 Å². The highest BCUT2D eigenvalue weighted by atomic mass is 35.5. The molecule has 3 aromatic rings. The number of nitrogens with zero attached hydrogens (tertiary/aromatic N) is 1. The Morgan fingerprint density at radius 3 is 2.53 bits per heavy atom. The molecule has 4 rings (SSSR count). The van der Waals surface area contributed by atoms with Crippen molar-refractivity contribution in [3.05, 3.63) is 99.8 Å². The Balaban J connectivity index is 1.46. The number of halogens is 2. The Morgan fingerprint density at radius 2 is 1.75 bits per heavy atom. The summed E-state index contributed by atoms with van der Waals surface area (Å²) in [6.45, 7) is 1.30. The van der Waals surface area contributed by atoms with Crippen molar-refractivity contribution < 1.29 is 22.3 Å². The Morgan fingerprint density at radius 1 is 1.00 bits per heavy atom. The van der Waals surface area contributed by atoms with Gasteiger partial charge in [-0.05, 0) is 35.4 Å². The lowest BCUT2D eigenvalue weighted by Crippen LogP contribution is -2.33. The van der Waals surface area contributed by atoms with Gasteiger partial charge in [-0.2, -0.15) is 4.31 Å². The molecule has 0 aliphatic carbocycles. The van der Waals surface area contributed by atoms with E-state index in [1.165, 1.54) is 22.5 Å². The standard InChI is InChI=1S/C24H23ClFNO4S/c25-22-7-3-1-5-19(22)16-30-15-18-9-10-24-21(13-18)14-27(11-12-31-24)32(28,29)17-20-6-2-4-8-23(20)26/h1-10,13H,11-12,14-17H2. The van der Waals surface area contributed by atoms with E-state index in [1.54, 1.807) is 6.07 Å². The molecule has 32 heavy (non-hydrogen) atoms. The third-order valence-corrected chi connectivity index (χ3v) is 7.39. The summed E-state index contributed by atoms with van der Waals surface area (Å²) in [5, 5.41) is 0.651. The van der Waals surface area contributed by atoms with E-state index in [9.17, 15) is 12.8 Å². The van der Waals surface area contributed by atoms with Crippen molar-refractivity contribution in [2.45, 2.75) is 25.5 Å². The normalized spacial score (nSPS) is 14.4. The molecule has 0 saturated carbocycles. The highest BCUT2D eigenvalue weighted by Crippen LogP contribution is 2.27. The van der Waals surface area contributed by atoms with Crippen LogP contribution in [0, 0.1) is 5.82 Å². The second-order valence-corrected chi connectivity index (χ2v) is 9.93. The summed E-state index contributed by atoms with van der Waals surface area (Å²) >= 11 is 6.16. The Kier molecular flexibility index (Phi) is 7.10. The van der Waals surface area contributed by atoms with E-state index < -0.39 is 21.6 Å². The third-order valence-electron chi connectivity index (χ3n) is 5.24. The lowest BCUT2D eigenvalue weighted by atomic mass is 10.1. The molecule has 1 heterocycles. The zero-order valence-electron chi connectivity index (χ0n) is 17.3. The third kappa shape index (κ3) is 5.48. The molecular formula is C24H23ClFNO4S. The van der Waals surface area contributed by atoms with Crippen LogP contribution in [0.25, 0.3) is 0 Å². The molecule has 5 nitrogen and oxygen atoms in total. The summed E-state index contributed by atoms with van der Waals surface area (Å²) in [6, 6.07) is 19.0. The van der Waals surface area contributed by atoms with Crippen LogP contribution in [0.5, 0.6) is 5.75 Å². The maximum Gasteiger partial charge on any atom is 0.218 e. The average molecular weight is 476 g/mol. The molecule has 0 saturated heterocycles. The summed E-state index contributed by atoms with van der Waals surface area (Å²) in [7, 11) is -3.73. The monoisotopic (exact) mass is 475 g/mol. The van der Waals surface area contributed by atoms with Crippen molar-refractivity contribution in [3.63, 3.8) is 0 Å². The predicted molar refractivity (Wildman–Crippen MR) is 121 cm³/mol. The first-order valence-corrected chi connectivity index (χ1v) is 12.2. The second-order valence-electron chi connectivity index (χ2n) is 7.56. The van der Waals surface area contributed by atoms with Crippen LogP contribution in [0.1, 0.15) is 22.3 Å². The first-order valence-electron chi connectivity index (χ1n) is 10.2. The van der Waals surface area contributed by atoms with Gasteiger partial charge in [0.1, 0.15) is 18.2 Å². The van der Waals surface area contributed by atoms with Gasteiger partial charge in [0.15, 0.2) is 0 Å². The minimum absolute atomic E-state index is 0.152. The Hall–Kier alpha value is -2.45. The lowest BCUT2D eigenvalue weighted by Gasteiger charge is -2.20. The van der Waals surface area contributed by atoms with Crippen LogP contribution < -0.4 is 4.74 Å². The number of hydrogen-bond acceptors (Lipinski definition) is 4. The van der Waals surface area contributed by atoms with Gasteiger partial charge in [0.05, 0.1) is 19.0 Å². The number of fused-ring (bicyclic) bond motifs is 1. The van der Waals surface area contributed by atoms with E-state index in [0.717, 1.165) is 16.7 Å². The van der Waals surface area contributed by atoms with E-state index in [1.807, 2.05) is 42.5 Å². The molecule has 0 unspecified atom stereocenters. The summed E-state index contributed by atoms with van der Waals surface area (Å²) in [5.74, 6) is -0.278. The largest absolute Gasteiger partial charge is 0.492 e. The van der Waals surface area contributed by atoms with Crippen LogP contribution >= 0.6 is 11.6 Å². The number of hydrogen-bond donors (Lipinski definition) is 0. The van der Waals surface area contributed by atoms with Crippen molar-refractivity contribution in [2.24, 2.45) is 0 Å². The lowest BCUT2D eigenvalue weighted by molar-refractivity contribution is 0.107. The topological polar surface area (TPSA) is 55.8 Å². The maximum atomic E-state index is 14.0. The van der Waals surface area contributed by atoms with Gasteiger partial charge >= 0.3 is 0 Å². The molecule has 0 fully saturated rings. The van der Waals surface area contributed by atoms with Gasteiger partial charge in [0.25, 0.3) is 0 Å². The molecule has 3 aromatic carbocycles. The van der Waals surface area contributed by atoms with Crippen LogP contribution in [-0.2, 0) is 40.3 Å². The van der Waals surface area contributed by atoms with Gasteiger partial charge in [-0.25, -0.2) is 12.8 Å². The van der Waals surface area contributed by atoms with Crippen molar-refractivity contribution >= 4 is 21.6 Å². The summed E-state index contributed by atoms with van der Waals surface area (Å²) in [5.41, 5.74) is 2.70. The maximum absolute atomic E-state index is 14.0. The zero-order chi connectivity index (χ0) is 22.6. The molecule has 0 bridgehead atoms. The summed E-state index contributed by atoms with van der Waals surface area (Å²) < 4.78 is 52.9. The molecule has 0 aromatic heterocycles. The van der Waals surface area contributed by atoms with Crippen molar-refractivity contribution in [1.82, 2.24) is 4.31 Å². The van der Waals surface area contributed by atoms with E-state index in [4.69, 9.17) is 21.1 Å². The first kappa shape index (κ1) is 22.7. The van der Waals surface area contributed by atoms with E-state index >= 15 is 0 Å². The molecule has 0 amide bonds. The average Bonchev–Trinajstić information content (AvgIpc) is 2.99. The smallest absolute Gasteiger partial charge is 0.218 e. The number of benzene rings is 3. The first-order chi connectivity index (χ1) is 15.4. The highest BCUT2D eigenvalue weighted by molar-refractivity contribution is 7.88. The molecule has 0 radical (unpaired) electrons. The quantitative estimate of drug-likeness (QED) is 0.486. The van der Waals surface area contributed by atoms with Gasteiger partial charge in [0, 0.05) is 29.2 Å². The summed E-state index contributed by atoms with van der Waals surface area (Å²) in [6.07, 6.45) is 0. The van der Waals surface area contributed by atoms with E-state index in [-0.39, 0.29) is 25.3 Å². The fraction of sp³-hybridized carbons (Fsp3) is 0.250. The minimum Gasteiger partial charge on any atom is -0.492 e. The SMILES string of the molecule is O=S(=O)(Cc1ccccc1F)N1CCOc2ccc(COCc3ccccc3Cl)cc2C1. The second kappa shape index (κ2) is 10.0. The number of sulfonamides is 1.